The van der Waals surface area contributed by atoms with Crippen LogP contribution in [0.3, 0.4) is 0 Å². The van der Waals surface area contributed by atoms with Gasteiger partial charge in [0, 0.05) is 23.5 Å². The van der Waals surface area contributed by atoms with Crippen LogP contribution in [0, 0.1) is 11.3 Å². The number of benzene rings is 1. The highest BCUT2D eigenvalue weighted by molar-refractivity contribution is 7.16. The zero-order valence-electron chi connectivity index (χ0n) is 12.6. The van der Waals surface area contributed by atoms with E-state index in [1.807, 2.05) is 0 Å². The first-order valence-electron chi connectivity index (χ1n) is 7.04. The van der Waals surface area contributed by atoms with E-state index in [1.165, 1.54) is 24.3 Å². The number of nitriles is 1. The molecule has 0 aliphatic heterocycles. The number of anilines is 1. The maximum Gasteiger partial charge on any atom is 0.335 e. The first-order valence-corrected chi connectivity index (χ1v) is 7.86. The maximum absolute atomic E-state index is 12.3. The van der Waals surface area contributed by atoms with Gasteiger partial charge >= 0.3 is 5.97 Å². The van der Waals surface area contributed by atoms with Gasteiger partial charge in [0.2, 0.25) is 0 Å². The van der Waals surface area contributed by atoms with E-state index < -0.39 is 11.9 Å². The zero-order chi connectivity index (χ0) is 17.8. The van der Waals surface area contributed by atoms with E-state index in [9.17, 15) is 14.9 Å². The van der Waals surface area contributed by atoms with Gasteiger partial charge in [-0.3, -0.25) is 15.1 Å². The van der Waals surface area contributed by atoms with Crippen molar-refractivity contribution in [2.75, 3.05) is 5.32 Å². The van der Waals surface area contributed by atoms with Gasteiger partial charge in [-0.2, -0.15) is 5.26 Å². The number of carboxylic acids is 1. The number of amides is 1. The fourth-order valence-electron chi connectivity index (χ4n) is 2.12. The fourth-order valence-corrected chi connectivity index (χ4v) is 2.90. The van der Waals surface area contributed by atoms with Crippen LogP contribution in [0.25, 0.3) is 11.3 Å². The molecule has 0 saturated carbocycles. The van der Waals surface area contributed by atoms with E-state index in [0.29, 0.717) is 10.6 Å². The third kappa shape index (κ3) is 3.52. The van der Waals surface area contributed by atoms with E-state index in [0.717, 1.165) is 16.9 Å². The Morgan fingerprint density at radius 2 is 1.88 bits per heavy atom. The Labute approximate surface area is 146 Å². The Balaban J connectivity index is 1.88. The highest BCUT2D eigenvalue weighted by Gasteiger charge is 2.16. The molecule has 2 heterocycles. The number of hydrogen-bond donors (Lipinski definition) is 2. The largest absolute Gasteiger partial charge is 0.478 e. The second-order valence-electron chi connectivity index (χ2n) is 4.88. The molecule has 0 saturated heterocycles. The monoisotopic (exact) mass is 350 g/mol. The predicted octanol–water partition coefficient (Wildman–Crippen LogP) is 3.03. The van der Waals surface area contributed by atoms with Gasteiger partial charge in [0.1, 0.15) is 16.6 Å². The molecule has 7 nitrogen and oxygen atoms in total. The minimum Gasteiger partial charge on any atom is -0.478 e. The Morgan fingerprint density at radius 1 is 1.16 bits per heavy atom. The van der Waals surface area contributed by atoms with Gasteiger partial charge < -0.3 is 5.11 Å². The molecule has 0 unspecified atom stereocenters. The molecule has 1 amide bonds. The fraction of sp³-hybridized carbons (Fsp3) is 0. The van der Waals surface area contributed by atoms with Crippen molar-refractivity contribution in [1.29, 1.82) is 5.26 Å². The molecule has 0 aliphatic rings. The number of carboxylic acid groups (broad SMARTS) is 1. The highest BCUT2D eigenvalue weighted by Crippen LogP contribution is 2.30. The summed E-state index contributed by atoms with van der Waals surface area (Å²) in [5.74, 6) is -1.61. The third-order valence-electron chi connectivity index (χ3n) is 3.27. The normalized spacial score (nSPS) is 10.0. The lowest BCUT2D eigenvalue weighted by atomic mass is 10.1. The molecule has 0 spiro atoms. The highest BCUT2D eigenvalue weighted by atomic mass is 32.1. The summed E-state index contributed by atoms with van der Waals surface area (Å²) in [6, 6.07) is 11.2. The van der Waals surface area contributed by atoms with Gasteiger partial charge in [0.05, 0.1) is 5.56 Å². The number of carbonyl (C=O) groups excluding carboxylic acids is 1. The van der Waals surface area contributed by atoms with Crippen molar-refractivity contribution in [2.45, 2.75) is 0 Å². The van der Waals surface area contributed by atoms with Crippen LogP contribution < -0.4 is 5.32 Å². The summed E-state index contributed by atoms with van der Waals surface area (Å²) < 4.78 is 0. The molecule has 0 radical (unpaired) electrons. The van der Waals surface area contributed by atoms with Crippen LogP contribution in [0.4, 0.5) is 5.13 Å². The standard InChI is InChI=1S/C17H10N4O3S/c18-9-13-14(10-4-6-19-7-5-10)20-17(25-13)21-15(22)11-2-1-3-12(8-11)16(23)24/h1-8H,(H,23,24)(H,20,21,22). The van der Waals surface area contributed by atoms with Gasteiger partial charge in [0.15, 0.2) is 5.13 Å². The molecule has 3 rings (SSSR count). The molecule has 0 fully saturated rings. The van der Waals surface area contributed by atoms with Gasteiger partial charge in [-0.15, -0.1) is 0 Å². The number of aromatic carboxylic acids is 1. The second kappa shape index (κ2) is 6.90. The van der Waals surface area contributed by atoms with Crippen LogP contribution in [0.2, 0.25) is 0 Å². The van der Waals surface area contributed by atoms with Gasteiger partial charge in [-0.1, -0.05) is 17.4 Å². The molecule has 122 valence electrons. The Hall–Kier alpha value is -3.57. The second-order valence-corrected chi connectivity index (χ2v) is 5.88. The summed E-state index contributed by atoms with van der Waals surface area (Å²) in [6.07, 6.45) is 3.18. The van der Waals surface area contributed by atoms with Gasteiger partial charge in [-0.05, 0) is 30.3 Å². The number of nitrogens with zero attached hydrogens (tertiary/aromatic N) is 3. The first kappa shape index (κ1) is 16.3. The molecule has 0 bridgehead atoms. The lowest BCUT2D eigenvalue weighted by Gasteiger charge is -2.02. The molecule has 1 aromatic carbocycles. The van der Waals surface area contributed by atoms with Gasteiger partial charge in [0.25, 0.3) is 5.91 Å². The summed E-state index contributed by atoms with van der Waals surface area (Å²) in [5.41, 5.74) is 1.39. The Kier molecular flexibility index (Phi) is 4.50. The summed E-state index contributed by atoms with van der Waals surface area (Å²) in [7, 11) is 0. The van der Waals surface area contributed by atoms with Crippen molar-refractivity contribution in [3.05, 3.63) is 64.8 Å². The first-order chi connectivity index (χ1) is 12.1. The smallest absolute Gasteiger partial charge is 0.335 e. The lowest BCUT2D eigenvalue weighted by Crippen LogP contribution is -2.12. The summed E-state index contributed by atoms with van der Waals surface area (Å²) in [5, 5.41) is 21.1. The Bertz CT molecular complexity index is 993. The van der Waals surface area contributed by atoms with E-state index in [2.05, 4.69) is 21.4 Å². The van der Waals surface area contributed by atoms with Crippen molar-refractivity contribution in [3.63, 3.8) is 0 Å². The number of pyridine rings is 1. The van der Waals surface area contributed by atoms with Crippen molar-refractivity contribution in [3.8, 4) is 17.3 Å². The molecule has 3 aromatic rings. The van der Waals surface area contributed by atoms with Crippen LogP contribution in [0.5, 0.6) is 0 Å². The molecule has 2 N–H and O–H groups in total. The van der Waals surface area contributed by atoms with Crippen LogP contribution in [-0.4, -0.2) is 27.0 Å². The molecular formula is C17H10N4O3S. The number of rotatable bonds is 4. The summed E-state index contributed by atoms with van der Waals surface area (Å²) in [4.78, 5) is 31.9. The molecule has 8 heteroatoms. The minimum atomic E-state index is -1.12. The van der Waals surface area contributed by atoms with E-state index in [-0.39, 0.29) is 16.3 Å². The minimum absolute atomic E-state index is 0.0157. The number of carbonyl (C=O) groups is 2. The van der Waals surface area contributed by atoms with E-state index >= 15 is 0 Å². The van der Waals surface area contributed by atoms with Crippen molar-refractivity contribution >= 4 is 28.3 Å². The summed E-state index contributed by atoms with van der Waals surface area (Å²) >= 11 is 1.05. The molecule has 0 aliphatic carbocycles. The topological polar surface area (TPSA) is 116 Å². The SMILES string of the molecule is N#Cc1sc(NC(=O)c2cccc(C(=O)O)c2)nc1-c1ccncc1. The van der Waals surface area contributed by atoms with E-state index in [1.54, 1.807) is 24.5 Å². The number of aromatic nitrogens is 2. The van der Waals surface area contributed by atoms with Crippen molar-refractivity contribution in [2.24, 2.45) is 0 Å². The number of thiazole rings is 1. The molecule has 0 atom stereocenters. The van der Waals surface area contributed by atoms with Crippen LogP contribution >= 0.6 is 11.3 Å². The lowest BCUT2D eigenvalue weighted by molar-refractivity contribution is 0.0697. The van der Waals surface area contributed by atoms with E-state index in [4.69, 9.17) is 5.11 Å². The van der Waals surface area contributed by atoms with Crippen molar-refractivity contribution in [1.82, 2.24) is 9.97 Å². The van der Waals surface area contributed by atoms with Crippen LogP contribution in [0.15, 0.2) is 48.8 Å². The third-order valence-corrected chi connectivity index (χ3v) is 4.15. The summed E-state index contributed by atoms with van der Waals surface area (Å²) in [6.45, 7) is 0. The molecule has 2 aromatic heterocycles. The van der Waals surface area contributed by atoms with Crippen molar-refractivity contribution < 1.29 is 14.7 Å². The number of hydrogen-bond acceptors (Lipinski definition) is 6. The Morgan fingerprint density at radius 3 is 2.56 bits per heavy atom. The zero-order valence-corrected chi connectivity index (χ0v) is 13.4. The predicted molar refractivity (Wildman–Crippen MR) is 91.4 cm³/mol. The molecular weight excluding hydrogens is 340 g/mol. The number of nitrogens with one attached hydrogen (secondary N) is 1. The average Bonchev–Trinajstić information content (AvgIpc) is 3.05. The molecule has 25 heavy (non-hydrogen) atoms. The maximum atomic E-state index is 12.3. The van der Waals surface area contributed by atoms with Crippen LogP contribution in [0.1, 0.15) is 25.6 Å². The average molecular weight is 350 g/mol. The van der Waals surface area contributed by atoms with Crippen LogP contribution in [-0.2, 0) is 0 Å². The quantitative estimate of drug-likeness (QED) is 0.747. The van der Waals surface area contributed by atoms with Gasteiger partial charge in [-0.25, -0.2) is 9.78 Å².